The Kier molecular flexibility index (Phi) is 4.39. The van der Waals surface area contributed by atoms with Crippen LogP contribution in [0.15, 0.2) is 19.2 Å². The van der Waals surface area contributed by atoms with Crippen molar-refractivity contribution in [3.8, 4) is 0 Å². The van der Waals surface area contributed by atoms with E-state index in [9.17, 15) is 4.39 Å². The van der Waals surface area contributed by atoms with Crippen LogP contribution in [-0.4, -0.2) is 0 Å². The molecule has 0 radical (unpaired) electrons. The van der Waals surface area contributed by atoms with Gasteiger partial charge in [0.05, 0.1) is 0 Å². The predicted octanol–water partition coefficient (Wildman–Crippen LogP) is 3.86. The molecule has 0 heterocycles. The highest BCUT2D eigenvalue weighted by Gasteiger charge is 2.05. The van der Waals surface area contributed by atoms with Crippen LogP contribution < -0.4 is 0 Å². The Bertz CT molecular complexity index is 274. The standard InChI is InChI=1S/C10H13F.C2H4/c1-6-5-10(11)9(4)8(3)7(6)2;1-2/h5H,1-4H3;1-2H2. The van der Waals surface area contributed by atoms with Gasteiger partial charge >= 0.3 is 0 Å². The van der Waals surface area contributed by atoms with Gasteiger partial charge in [0.25, 0.3) is 0 Å². The molecule has 1 aromatic rings. The number of hydrogen-bond donors (Lipinski definition) is 0. The molecule has 0 nitrogen and oxygen atoms in total. The number of rotatable bonds is 0. The number of aryl methyl sites for hydroxylation is 1. The maximum Gasteiger partial charge on any atom is 0.126 e. The van der Waals surface area contributed by atoms with Crippen LogP contribution in [0.2, 0.25) is 0 Å². The molecule has 1 heteroatoms. The summed E-state index contributed by atoms with van der Waals surface area (Å²) in [6, 6.07) is 1.59. The maximum absolute atomic E-state index is 13.0. The first-order valence-corrected chi connectivity index (χ1v) is 4.27. The minimum atomic E-state index is -0.0920. The highest BCUT2D eigenvalue weighted by Crippen LogP contribution is 2.19. The van der Waals surface area contributed by atoms with Gasteiger partial charge in [0.1, 0.15) is 5.82 Å². The molecule has 0 amide bonds. The van der Waals surface area contributed by atoms with Crippen LogP contribution in [0.1, 0.15) is 22.3 Å². The summed E-state index contributed by atoms with van der Waals surface area (Å²) in [5.41, 5.74) is 4.07. The smallest absolute Gasteiger partial charge is 0.126 e. The Morgan fingerprint density at radius 1 is 0.923 bits per heavy atom. The quantitative estimate of drug-likeness (QED) is 0.532. The SMILES string of the molecule is C=C.Cc1cc(F)c(C)c(C)c1C. The Balaban J connectivity index is 0.000000671. The monoisotopic (exact) mass is 180 g/mol. The highest BCUT2D eigenvalue weighted by molar-refractivity contribution is 5.38. The van der Waals surface area contributed by atoms with Gasteiger partial charge in [-0.05, 0) is 56.0 Å². The fourth-order valence-electron chi connectivity index (χ4n) is 1.16. The van der Waals surface area contributed by atoms with E-state index in [-0.39, 0.29) is 5.82 Å². The molecule has 0 bridgehead atoms. The fraction of sp³-hybridized carbons (Fsp3) is 0.333. The second-order valence-electron chi connectivity index (χ2n) is 3.05. The number of halogens is 1. The van der Waals surface area contributed by atoms with Crippen LogP contribution in [0.25, 0.3) is 0 Å². The second-order valence-corrected chi connectivity index (χ2v) is 3.05. The lowest BCUT2D eigenvalue weighted by atomic mass is 9.99. The molecule has 0 aromatic heterocycles. The Hall–Kier alpha value is -1.11. The molecule has 0 saturated heterocycles. The molecule has 1 aromatic carbocycles. The average molecular weight is 180 g/mol. The zero-order valence-electron chi connectivity index (χ0n) is 8.87. The van der Waals surface area contributed by atoms with Gasteiger partial charge in [-0.3, -0.25) is 0 Å². The predicted molar refractivity (Wildman–Crippen MR) is 56.6 cm³/mol. The van der Waals surface area contributed by atoms with E-state index in [2.05, 4.69) is 13.2 Å². The van der Waals surface area contributed by atoms with Crippen LogP contribution >= 0.6 is 0 Å². The van der Waals surface area contributed by atoms with Crippen molar-refractivity contribution in [2.75, 3.05) is 0 Å². The Morgan fingerprint density at radius 2 is 1.38 bits per heavy atom. The molecule has 0 N–H and O–H groups in total. The molecular weight excluding hydrogens is 163 g/mol. The summed E-state index contributed by atoms with van der Waals surface area (Å²) < 4.78 is 13.0. The van der Waals surface area contributed by atoms with Crippen LogP contribution in [-0.2, 0) is 0 Å². The molecule has 0 spiro atoms. The summed E-state index contributed by atoms with van der Waals surface area (Å²) in [5.74, 6) is -0.0920. The van der Waals surface area contributed by atoms with Gasteiger partial charge in [0.15, 0.2) is 0 Å². The van der Waals surface area contributed by atoms with E-state index < -0.39 is 0 Å². The van der Waals surface area contributed by atoms with Gasteiger partial charge in [-0.1, -0.05) is 0 Å². The van der Waals surface area contributed by atoms with Crippen molar-refractivity contribution in [3.05, 3.63) is 47.3 Å². The molecule has 0 fully saturated rings. The van der Waals surface area contributed by atoms with E-state index in [1.54, 1.807) is 6.07 Å². The normalized spacial score (nSPS) is 9.00. The molecular formula is C12H17F. The molecule has 0 unspecified atom stereocenters. The van der Waals surface area contributed by atoms with Gasteiger partial charge in [-0.25, -0.2) is 4.39 Å². The van der Waals surface area contributed by atoms with Gasteiger partial charge in [-0.15, -0.1) is 13.2 Å². The van der Waals surface area contributed by atoms with Crippen LogP contribution in [0, 0.1) is 33.5 Å². The first kappa shape index (κ1) is 11.9. The third-order valence-electron chi connectivity index (χ3n) is 2.42. The largest absolute Gasteiger partial charge is 0.207 e. The summed E-state index contributed by atoms with van der Waals surface area (Å²) >= 11 is 0. The summed E-state index contributed by atoms with van der Waals surface area (Å²) in [7, 11) is 0. The molecule has 13 heavy (non-hydrogen) atoms. The van der Waals surface area contributed by atoms with Crippen molar-refractivity contribution < 1.29 is 4.39 Å². The Morgan fingerprint density at radius 3 is 1.85 bits per heavy atom. The lowest BCUT2D eigenvalue weighted by molar-refractivity contribution is 0.615. The Labute approximate surface area is 80.1 Å². The van der Waals surface area contributed by atoms with E-state index in [1.807, 2.05) is 27.7 Å². The number of hydrogen-bond acceptors (Lipinski definition) is 0. The molecule has 0 aliphatic carbocycles. The summed E-state index contributed by atoms with van der Waals surface area (Å²) in [6.45, 7) is 13.7. The van der Waals surface area contributed by atoms with Gasteiger partial charge in [0.2, 0.25) is 0 Å². The summed E-state index contributed by atoms with van der Waals surface area (Å²) in [6.07, 6.45) is 0. The van der Waals surface area contributed by atoms with E-state index in [1.165, 1.54) is 5.56 Å². The molecule has 1 rings (SSSR count). The molecule has 0 aliphatic rings. The molecule has 72 valence electrons. The van der Waals surface area contributed by atoms with E-state index in [4.69, 9.17) is 0 Å². The zero-order chi connectivity index (χ0) is 10.6. The van der Waals surface area contributed by atoms with Crippen molar-refractivity contribution in [1.82, 2.24) is 0 Å². The maximum atomic E-state index is 13.0. The fourth-order valence-corrected chi connectivity index (χ4v) is 1.16. The highest BCUT2D eigenvalue weighted by atomic mass is 19.1. The van der Waals surface area contributed by atoms with Crippen molar-refractivity contribution in [1.29, 1.82) is 0 Å². The lowest BCUT2D eigenvalue weighted by Gasteiger charge is -2.08. The van der Waals surface area contributed by atoms with Crippen LogP contribution in [0.3, 0.4) is 0 Å². The first-order valence-electron chi connectivity index (χ1n) is 4.27. The molecule has 0 aliphatic heterocycles. The first-order chi connectivity index (χ1) is 6.04. The lowest BCUT2D eigenvalue weighted by Crippen LogP contribution is -1.94. The summed E-state index contributed by atoms with van der Waals surface area (Å²) in [4.78, 5) is 0. The van der Waals surface area contributed by atoms with E-state index in [0.717, 1.165) is 16.7 Å². The van der Waals surface area contributed by atoms with Crippen molar-refractivity contribution >= 4 is 0 Å². The third kappa shape index (κ3) is 2.41. The van der Waals surface area contributed by atoms with Crippen LogP contribution in [0.5, 0.6) is 0 Å². The third-order valence-corrected chi connectivity index (χ3v) is 2.42. The topological polar surface area (TPSA) is 0 Å². The number of benzene rings is 1. The van der Waals surface area contributed by atoms with Crippen LogP contribution in [0.4, 0.5) is 4.39 Å². The van der Waals surface area contributed by atoms with E-state index >= 15 is 0 Å². The zero-order valence-corrected chi connectivity index (χ0v) is 8.87. The van der Waals surface area contributed by atoms with Crippen molar-refractivity contribution in [2.24, 2.45) is 0 Å². The molecule has 0 atom stereocenters. The van der Waals surface area contributed by atoms with E-state index in [0.29, 0.717) is 0 Å². The average Bonchev–Trinajstić information content (AvgIpc) is 2.15. The summed E-state index contributed by atoms with van der Waals surface area (Å²) in [5, 5.41) is 0. The van der Waals surface area contributed by atoms with Gasteiger partial charge < -0.3 is 0 Å². The van der Waals surface area contributed by atoms with Crippen molar-refractivity contribution in [3.63, 3.8) is 0 Å². The van der Waals surface area contributed by atoms with Gasteiger partial charge in [-0.2, -0.15) is 0 Å². The second kappa shape index (κ2) is 4.80. The minimum absolute atomic E-state index is 0.0920. The molecule has 0 saturated carbocycles. The minimum Gasteiger partial charge on any atom is -0.207 e. The van der Waals surface area contributed by atoms with Gasteiger partial charge in [0, 0.05) is 0 Å². The van der Waals surface area contributed by atoms with Crippen molar-refractivity contribution in [2.45, 2.75) is 27.7 Å².